The monoisotopic (exact) mass is 430 g/mol. The zero-order valence-electron chi connectivity index (χ0n) is 17.6. The zero-order chi connectivity index (χ0) is 21.6. The third kappa shape index (κ3) is 9.31. The summed E-state index contributed by atoms with van der Waals surface area (Å²) >= 11 is 6.29. The molecule has 5 nitrogen and oxygen atoms in total. The second kappa shape index (κ2) is 13.6. The highest BCUT2D eigenvalue weighted by atomic mass is 35.5. The summed E-state index contributed by atoms with van der Waals surface area (Å²) in [7, 11) is 0. The average Bonchev–Trinajstić information content (AvgIpc) is 2.73. The summed E-state index contributed by atoms with van der Waals surface area (Å²) in [5.74, 6) is 0.656. The minimum atomic E-state index is -0.247. The lowest BCUT2D eigenvalue weighted by Crippen LogP contribution is -2.19. The molecule has 0 aliphatic rings. The number of carbonyl (C=O) groups excluding carboxylic acids is 1. The van der Waals surface area contributed by atoms with Crippen LogP contribution in [0, 0.1) is 0 Å². The Kier molecular flexibility index (Phi) is 10.8. The van der Waals surface area contributed by atoms with Crippen molar-refractivity contribution in [1.82, 2.24) is 5.43 Å². The minimum Gasteiger partial charge on any atom is -0.508 e. The molecule has 0 heterocycles. The van der Waals surface area contributed by atoms with Gasteiger partial charge >= 0.3 is 0 Å². The van der Waals surface area contributed by atoms with Crippen LogP contribution in [0.3, 0.4) is 0 Å². The van der Waals surface area contributed by atoms with Crippen molar-refractivity contribution in [2.45, 2.75) is 58.3 Å². The van der Waals surface area contributed by atoms with E-state index in [0.29, 0.717) is 17.2 Å². The van der Waals surface area contributed by atoms with Gasteiger partial charge in [0.25, 0.3) is 0 Å². The maximum absolute atomic E-state index is 11.9. The number of hydrazone groups is 1. The van der Waals surface area contributed by atoms with Gasteiger partial charge in [-0.15, -0.1) is 0 Å². The van der Waals surface area contributed by atoms with Gasteiger partial charge < -0.3 is 9.84 Å². The average molecular weight is 431 g/mol. The molecule has 0 saturated carbocycles. The molecule has 0 aliphatic carbocycles. The van der Waals surface area contributed by atoms with E-state index in [0.717, 1.165) is 17.7 Å². The first kappa shape index (κ1) is 23.7. The topological polar surface area (TPSA) is 70.9 Å². The molecule has 2 aromatic carbocycles. The van der Waals surface area contributed by atoms with E-state index in [1.807, 2.05) is 12.1 Å². The van der Waals surface area contributed by atoms with Gasteiger partial charge in [-0.2, -0.15) is 5.10 Å². The summed E-state index contributed by atoms with van der Waals surface area (Å²) in [4.78, 5) is 11.9. The summed E-state index contributed by atoms with van der Waals surface area (Å²) in [6.45, 7) is 2.91. The Labute approximate surface area is 184 Å². The third-order valence-corrected chi connectivity index (χ3v) is 5.01. The molecule has 0 atom stereocenters. The number of hydrogen-bond donors (Lipinski definition) is 2. The highest BCUT2D eigenvalue weighted by molar-refractivity contribution is 6.33. The van der Waals surface area contributed by atoms with Crippen LogP contribution >= 0.6 is 11.6 Å². The highest BCUT2D eigenvalue weighted by Gasteiger charge is 2.04. The van der Waals surface area contributed by atoms with E-state index in [2.05, 4.69) is 17.5 Å². The van der Waals surface area contributed by atoms with E-state index < -0.39 is 0 Å². The molecular weight excluding hydrogens is 400 g/mol. The van der Waals surface area contributed by atoms with Gasteiger partial charge in [-0.05, 0) is 42.3 Å². The molecule has 0 aromatic heterocycles. The number of carbonyl (C=O) groups is 1. The number of aromatic hydroxyl groups is 1. The Morgan fingerprint density at radius 2 is 1.77 bits per heavy atom. The van der Waals surface area contributed by atoms with Crippen LogP contribution in [-0.2, 0) is 11.2 Å². The van der Waals surface area contributed by atoms with E-state index in [4.69, 9.17) is 16.3 Å². The number of phenols is 1. The van der Waals surface area contributed by atoms with Crippen LogP contribution in [0.2, 0.25) is 5.02 Å². The molecule has 0 radical (unpaired) electrons. The van der Waals surface area contributed by atoms with Gasteiger partial charge in [-0.25, -0.2) is 5.43 Å². The molecule has 2 aromatic rings. The Balaban J connectivity index is 1.70. The number of benzene rings is 2. The molecule has 2 rings (SSSR count). The Morgan fingerprint density at radius 1 is 1.07 bits per heavy atom. The molecule has 6 heteroatoms. The van der Waals surface area contributed by atoms with Gasteiger partial charge in [0, 0.05) is 5.56 Å². The van der Waals surface area contributed by atoms with E-state index in [1.165, 1.54) is 44.7 Å². The van der Waals surface area contributed by atoms with Crippen molar-refractivity contribution in [2.75, 3.05) is 6.61 Å². The van der Waals surface area contributed by atoms with Crippen LogP contribution in [-0.4, -0.2) is 23.8 Å². The van der Waals surface area contributed by atoms with Crippen LogP contribution in [0.5, 0.6) is 11.5 Å². The number of halogens is 1. The molecule has 0 saturated heterocycles. The quantitative estimate of drug-likeness (QED) is 0.237. The molecule has 0 bridgehead atoms. The second-order valence-corrected chi connectivity index (χ2v) is 7.70. The largest absolute Gasteiger partial charge is 0.508 e. The number of hydrogen-bond acceptors (Lipinski definition) is 4. The van der Waals surface area contributed by atoms with Crippen molar-refractivity contribution in [3.8, 4) is 11.5 Å². The number of nitrogens with zero attached hydrogens (tertiary/aromatic N) is 1. The van der Waals surface area contributed by atoms with Crippen molar-refractivity contribution < 1.29 is 14.6 Å². The summed E-state index contributed by atoms with van der Waals surface area (Å²) in [6, 6.07) is 11.9. The van der Waals surface area contributed by atoms with Gasteiger partial charge in [-0.3, -0.25) is 4.79 Å². The molecule has 30 heavy (non-hydrogen) atoms. The fourth-order valence-electron chi connectivity index (χ4n) is 2.96. The Hall–Kier alpha value is -2.53. The first-order valence-corrected chi connectivity index (χ1v) is 11.0. The van der Waals surface area contributed by atoms with Crippen molar-refractivity contribution in [1.29, 1.82) is 0 Å². The maximum atomic E-state index is 11.9. The molecule has 0 spiro atoms. The van der Waals surface area contributed by atoms with Crippen LogP contribution in [0.4, 0.5) is 0 Å². The second-order valence-electron chi connectivity index (χ2n) is 7.29. The third-order valence-electron chi connectivity index (χ3n) is 4.68. The lowest BCUT2D eigenvalue weighted by Gasteiger charge is -2.08. The standard InChI is InChI=1S/C24H31ClN2O3/c1-2-3-4-5-6-7-8-15-30-22-14-11-20(23(25)17-22)18-26-27-24(29)16-19-9-12-21(28)13-10-19/h9-14,17-18,28H,2-8,15-16H2,1H3,(H,27,29)/b26-18-. The summed E-state index contributed by atoms with van der Waals surface area (Å²) < 4.78 is 5.77. The smallest absolute Gasteiger partial charge is 0.244 e. The van der Waals surface area contributed by atoms with E-state index in [-0.39, 0.29) is 18.1 Å². The van der Waals surface area contributed by atoms with Gasteiger partial charge in [0.15, 0.2) is 0 Å². The van der Waals surface area contributed by atoms with Crippen molar-refractivity contribution in [3.63, 3.8) is 0 Å². The summed E-state index contributed by atoms with van der Waals surface area (Å²) in [5, 5.41) is 13.7. The number of unbranched alkanes of at least 4 members (excludes halogenated alkanes) is 6. The lowest BCUT2D eigenvalue weighted by atomic mass is 10.1. The summed E-state index contributed by atoms with van der Waals surface area (Å²) in [5.41, 5.74) is 3.97. The fraction of sp³-hybridized carbons (Fsp3) is 0.417. The van der Waals surface area contributed by atoms with Crippen molar-refractivity contribution >= 4 is 23.7 Å². The van der Waals surface area contributed by atoms with Crippen molar-refractivity contribution in [2.24, 2.45) is 5.10 Å². The van der Waals surface area contributed by atoms with Gasteiger partial charge in [0.2, 0.25) is 5.91 Å². The fourth-order valence-corrected chi connectivity index (χ4v) is 3.18. The number of phenolic OH excluding ortho intramolecular Hbond substituents is 1. The van der Waals surface area contributed by atoms with Gasteiger partial charge in [0.05, 0.1) is 24.3 Å². The number of nitrogens with one attached hydrogen (secondary N) is 1. The molecular formula is C24H31ClN2O3. The van der Waals surface area contributed by atoms with Crippen molar-refractivity contribution in [3.05, 3.63) is 58.6 Å². The SMILES string of the molecule is CCCCCCCCCOc1ccc(/C=N\NC(=O)Cc2ccc(O)cc2)c(Cl)c1. The highest BCUT2D eigenvalue weighted by Crippen LogP contribution is 2.22. The maximum Gasteiger partial charge on any atom is 0.244 e. The lowest BCUT2D eigenvalue weighted by molar-refractivity contribution is -0.120. The van der Waals surface area contributed by atoms with E-state index >= 15 is 0 Å². The van der Waals surface area contributed by atoms with Crippen LogP contribution in [0.15, 0.2) is 47.6 Å². The van der Waals surface area contributed by atoms with Crippen LogP contribution in [0.1, 0.15) is 63.0 Å². The first-order chi connectivity index (χ1) is 14.6. The normalized spacial score (nSPS) is 11.0. The van der Waals surface area contributed by atoms with Gasteiger partial charge in [0.1, 0.15) is 11.5 Å². The van der Waals surface area contributed by atoms with Crippen LogP contribution in [0.25, 0.3) is 0 Å². The number of ether oxygens (including phenoxy) is 1. The number of amides is 1. The summed E-state index contributed by atoms with van der Waals surface area (Å²) in [6.07, 6.45) is 10.4. The predicted molar refractivity (Wildman–Crippen MR) is 122 cm³/mol. The predicted octanol–water partition coefficient (Wildman–Crippen LogP) is 5.87. The molecule has 162 valence electrons. The Morgan fingerprint density at radius 3 is 2.47 bits per heavy atom. The molecule has 2 N–H and O–H groups in total. The first-order valence-electron chi connectivity index (χ1n) is 10.6. The Bertz CT molecular complexity index is 807. The molecule has 1 amide bonds. The van der Waals surface area contributed by atoms with E-state index in [1.54, 1.807) is 30.3 Å². The zero-order valence-corrected chi connectivity index (χ0v) is 18.3. The molecule has 0 unspecified atom stereocenters. The van der Waals surface area contributed by atoms with Crippen LogP contribution < -0.4 is 10.2 Å². The van der Waals surface area contributed by atoms with Gasteiger partial charge in [-0.1, -0.05) is 69.2 Å². The molecule has 0 fully saturated rings. The number of rotatable bonds is 13. The molecule has 0 aliphatic heterocycles. The van der Waals surface area contributed by atoms with E-state index in [9.17, 15) is 9.90 Å². The minimum absolute atomic E-state index is 0.168.